The summed E-state index contributed by atoms with van der Waals surface area (Å²) in [5, 5.41) is 12.8. The van der Waals surface area contributed by atoms with Gasteiger partial charge in [-0.2, -0.15) is 0 Å². The SMILES string of the molecule is C/C=C(\c1ccccc1)c1nc(Nc2cc(C3CC3)cc(N3CCN(CCO)CC3)c2)ncc1C. The predicted molar refractivity (Wildman–Crippen MR) is 143 cm³/mol. The molecule has 182 valence electrons. The van der Waals surface area contributed by atoms with Crippen LogP contribution in [0.15, 0.2) is 60.8 Å². The molecule has 2 fully saturated rings. The van der Waals surface area contributed by atoms with Gasteiger partial charge in [0.05, 0.1) is 12.3 Å². The maximum absolute atomic E-state index is 9.25. The lowest BCUT2D eigenvalue weighted by Gasteiger charge is -2.36. The van der Waals surface area contributed by atoms with Gasteiger partial charge in [0.2, 0.25) is 5.95 Å². The Hall–Kier alpha value is -3.22. The highest BCUT2D eigenvalue weighted by Gasteiger charge is 2.26. The summed E-state index contributed by atoms with van der Waals surface area (Å²) in [4.78, 5) is 14.3. The molecule has 0 unspecified atom stereocenters. The Bertz CT molecular complexity index is 1180. The Balaban J connectivity index is 1.41. The van der Waals surface area contributed by atoms with E-state index in [0.29, 0.717) is 11.9 Å². The minimum atomic E-state index is 0.225. The van der Waals surface area contributed by atoms with E-state index in [2.05, 4.69) is 82.5 Å². The Morgan fingerprint density at radius 1 is 1.09 bits per heavy atom. The van der Waals surface area contributed by atoms with Crippen LogP contribution in [0.2, 0.25) is 0 Å². The highest BCUT2D eigenvalue weighted by Crippen LogP contribution is 2.42. The van der Waals surface area contributed by atoms with Crippen molar-refractivity contribution in [1.29, 1.82) is 0 Å². The van der Waals surface area contributed by atoms with Gasteiger partial charge < -0.3 is 15.3 Å². The lowest BCUT2D eigenvalue weighted by Crippen LogP contribution is -2.47. The summed E-state index contributed by atoms with van der Waals surface area (Å²) >= 11 is 0. The topological polar surface area (TPSA) is 64.5 Å². The molecule has 2 heterocycles. The summed E-state index contributed by atoms with van der Waals surface area (Å²) in [6.07, 6.45) is 6.56. The van der Waals surface area contributed by atoms with Crippen LogP contribution in [-0.4, -0.2) is 59.3 Å². The Morgan fingerprint density at radius 3 is 2.54 bits per heavy atom. The number of aromatic nitrogens is 2. The van der Waals surface area contributed by atoms with Gasteiger partial charge in [-0.3, -0.25) is 4.90 Å². The molecule has 0 spiro atoms. The van der Waals surface area contributed by atoms with E-state index in [1.54, 1.807) is 0 Å². The first-order chi connectivity index (χ1) is 17.1. The van der Waals surface area contributed by atoms with Crippen LogP contribution in [0.4, 0.5) is 17.3 Å². The normalized spacial score (nSPS) is 17.0. The molecule has 6 heteroatoms. The molecule has 1 aliphatic heterocycles. The fraction of sp³-hybridized carbons (Fsp3) is 0.379. The maximum Gasteiger partial charge on any atom is 0.227 e. The third kappa shape index (κ3) is 5.55. The number of piperazine rings is 1. The first-order valence-corrected chi connectivity index (χ1v) is 12.7. The van der Waals surface area contributed by atoms with Gasteiger partial charge in [-0.25, -0.2) is 9.97 Å². The zero-order valence-corrected chi connectivity index (χ0v) is 20.7. The first-order valence-electron chi connectivity index (χ1n) is 12.7. The van der Waals surface area contributed by atoms with E-state index >= 15 is 0 Å². The van der Waals surface area contributed by atoms with Gasteiger partial charge in [-0.05, 0) is 67.5 Å². The third-order valence-corrected chi connectivity index (χ3v) is 7.00. The number of nitrogens with zero attached hydrogens (tertiary/aromatic N) is 4. The standard InChI is InChI=1S/C29H35N5O/c1-3-27(23-7-5-4-6-8-23)28-21(2)20-30-29(32-28)31-25-17-24(22-9-10-22)18-26(19-25)34-13-11-33(12-14-34)15-16-35/h3-8,17-20,22,35H,9-16H2,1-2H3,(H,30,31,32)/b27-3+. The quantitative estimate of drug-likeness (QED) is 0.486. The number of benzene rings is 2. The lowest BCUT2D eigenvalue weighted by atomic mass is 10.00. The number of rotatable bonds is 8. The smallest absolute Gasteiger partial charge is 0.227 e. The lowest BCUT2D eigenvalue weighted by molar-refractivity contribution is 0.189. The molecule has 0 amide bonds. The molecule has 2 aliphatic rings. The van der Waals surface area contributed by atoms with Crippen LogP contribution in [0, 0.1) is 6.92 Å². The molecule has 35 heavy (non-hydrogen) atoms. The summed E-state index contributed by atoms with van der Waals surface area (Å²) < 4.78 is 0. The molecule has 2 N–H and O–H groups in total. The van der Waals surface area contributed by atoms with Crippen molar-refractivity contribution >= 4 is 22.9 Å². The largest absolute Gasteiger partial charge is 0.395 e. The van der Waals surface area contributed by atoms with Crippen LogP contribution >= 0.6 is 0 Å². The van der Waals surface area contributed by atoms with E-state index in [1.165, 1.54) is 24.1 Å². The van der Waals surface area contributed by atoms with Gasteiger partial charge in [0.25, 0.3) is 0 Å². The summed E-state index contributed by atoms with van der Waals surface area (Å²) in [7, 11) is 0. The Kier molecular flexibility index (Phi) is 7.11. The van der Waals surface area contributed by atoms with Crippen molar-refractivity contribution in [2.75, 3.05) is 49.5 Å². The Morgan fingerprint density at radius 2 is 1.86 bits per heavy atom. The minimum Gasteiger partial charge on any atom is -0.395 e. The van der Waals surface area contributed by atoms with Gasteiger partial charge >= 0.3 is 0 Å². The van der Waals surface area contributed by atoms with Crippen molar-refractivity contribution in [3.8, 4) is 0 Å². The summed E-state index contributed by atoms with van der Waals surface area (Å²) in [6, 6.07) is 17.2. The number of aliphatic hydroxyl groups is 1. The van der Waals surface area contributed by atoms with E-state index in [9.17, 15) is 5.11 Å². The molecule has 0 bridgehead atoms. The molecular formula is C29H35N5O. The molecule has 3 aromatic rings. The van der Waals surface area contributed by atoms with Crippen molar-refractivity contribution < 1.29 is 5.11 Å². The summed E-state index contributed by atoms with van der Waals surface area (Å²) in [5.74, 6) is 1.28. The fourth-order valence-electron chi connectivity index (χ4n) is 4.87. The van der Waals surface area contributed by atoms with Gasteiger partial charge in [0.15, 0.2) is 0 Å². The number of anilines is 3. The zero-order valence-electron chi connectivity index (χ0n) is 20.7. The van der Waals surface area contributed by atoms with Gasteiger partial charge in [-0.15, -0.1) is 0 Å². The molecule has 1 saturated heterocycles. The van der Waals surface area contributed by atoms with Crippen molar-refractivity contribution in [2.24, 2.45) is 0 Å². The van der Waals surface area contributed by atoms with Crippen molar-refractivity contribution in [3.63, 3.8) is 0 Å². The molecule has 1 aliphatic carbocycles. The number of hydrogen-bond donors (Lipinski definition) is 2. The summed E-state index contributed by atoms with van der Waals surface area (Å²) in [5.41, 5.74) is 7.97. The van der Waals surface area contributed by atoms with Gasteiger partial charge in [-0.1, -0.05) is 36.4 Å². The second-order valence-corrected chi connectivity index (χ2v) is 9.56. The molecule has 2 aromatic carbocycles. The third-order valence-electron chi connectivity index (χ3n) is 7.00. The number of β-amino-alcohol motifs (C(OH)–C–C–N with tert-alkyl or cyclic N) is 1. The van der Waals surface area contributed by atoms with E-state index in [-0.39, 0.29) is 6.61 Å². The average Bonchev–Trinajstić information content (AvgIpc) is 3.73. The van der Waals surface area contributed by atoms with Crippen molar-refractivity contribution in [3.05, 3.63) is 83.2 Å². The number of aliphatic hydroxyl groups excluding tert-OH is 1. The highest BCUT2D eigenvalue weighted by atomic mass is 16.3. The van der Waals surface area contributed by atoms with Crippen LogP contribution in [0.3, 0.4) is 0 Å². The van der Waals surface area contributed by atoms with Crippen LogP contribution in [0.5, 0.6) is 0 Å². The second-order valence-electron chi connectivity index (χ2n) is 9.56. The van der Waals surface area contributed by atoms with E-state index in [0.717, 1.165) is 60.8 Å². The second kappa shape index (κ2) is 10.6. The van der Waals surface area contributed by atoms with Crippen molar-refractivity contribution in [2.45, 2.75) is 32.6 Å². The summed E-state index contributed by atoms with van der Waals surface area (Å²) in [6.45, 7) is 9.01. The van der Waals surface area contributed by atoms with Crippen LogP contribution in [0.25, 0.3) is 5.57 Å². The van der Waals surface area contributed by atoms with E-state index in [1.807, 2.05) is 12.3 Å². The molecule has 6 nitrogen and oxygen atoms in total. The van der Waals surface area contributed by atoms with E-state index < -0.39 is 0 Å². The highest BCUT2D eigenvalue weighted by molar-refractivity contribution is 5.79. The van der Waals surface area contributed by atoms with Crippen LogP contribution in [-0.2, 0) is 0 Å². The molecule has 1 aromatic heterocycles. The number of aryl methyl sites for hydroxylation is 1. The van der Waals surface area contributed by atoms with Gasteiger partial charge in [0, 0.05) is 55.9 Å². The van der Waals surface area contributed by atoms with Crippen molar-refractivity contribution in [1.82, 2.24) is 14.9 Å². The zero-order chi connectivity index (χ0) is 24.2. The molecule has 1 saturated carbocycles. The van der Waals surface area contributed by atoms with E-state index in [4.69, 9.17) is 4.98 Å². The number of hydrogen-bond acceptors (Lipinski definition) is 6. The minimum absolute atomic E-state index is 0.225. The average molecular weight is 470 g/mol. The first kappa shape index (κ1) is 23.5. The van der Waals surface area contributed by atoms with Crippen LogP contribution < -0.4 is 10.2 Å². The molecular weight excluding hydrogens is 434 g/mol. The number of nitrogens with one attached hydrogen (secondary N) is 1. The maximum atomic E-state index is 9.25. The van der Waals surface area contributed by atoms with Crippen LogP contribution in [0.1, 0.15) is 48.1 Å². The fourth-order valence-corrected chi connectivity index (χ4v) is 4.87. The monoisotopic (exact) mass is 469 g/mol. The Labute approximate surface area is 208 Å². The molecule has 0 radical (unpaired) electrons. The molecule has 0 atom stereocenters. The van der Waals surface area contributed by atoms with Gasteiger partial charge in [0.1, 0.15) is 0 Å². The predicted octanol–water partition coefficient (Wildman–Crippen LogP) is 4.97. The molecule has 5 rings (SSSR count). The number of allylic oxidation sites excluding steroid dienone is 1.